The van der Waals surface area contributed by atoms with Gasteiger partial charge in [-0.1, -0.05) is 0 Å². The molecule has 3 rings (SSSR count). The fourth-order valence-electron chi connectivity index (χ4n) is 5.30. The van der Waals surface area contributed by atoms with Crippen LogP contribution in [0.25, 0.3) is 0 Å². The molecule has 6 unspecified atom stereocenters. The van der Waals surface area contributed by atoms with E-state index in [1.807, 2.05) is 0 Å². The first-order valence-electron chi connectivity index (χ1n) is 6.54. The molecule has 2 bridgehead atoms. The van der Waals surface area contributed by atoms with Gasteiger partial charge in [0.1, 0.15) is 5.67 Å². The van der Waals surface area contributed by atoms with Crippen LogP contribution in [0.1, 0.15) is 32.6 Å². The van der Waals surface area contributed by atoms with Gasteiger partial charge < -0.3 is 10.8 Å². The third-order valence-electron chi connectivity index (χ3n) is 6.02. The highest BCUT2D eigenvalue weighted by atomic mass is 19.1. The lowest BCUT2D eigenvalue weighted by molar-refractivity contribution is -0.178. The van der Waals surface area contributed by atoms with Gasteiger partial charge in [-0.2, -0.15) is 0 Å². The maximum absolute atomic E-state index is 14.6. The molecule has 0 saturated heterocycles. The molecule has 0 spiro atoms. The maximum atomic E-state index is 14.6. The zero-order chi connectivity index (χ0) is 12.4. The van der Waals surface area contributed by atoms with E-state index in [0.717, 1.165) is 19.3 Å². The van der Waals surface area contributed by atoms with Gasteiger partial charge in [-0.3, -0.25) is 4.79 Å². The Balaban J connectivity index is 1.94. The summed E-state index contributed by atoms with van der Waals surface area (Å²) in [5, 5.41) is 9.07. The zero-order valence-electron chi connectivity index (χ0n) is 10.2. The van der Waals surface area contributed by atoms with Crippen molar-refractivity contribution in [1.29, 1.82) is 0 Å². The van der Waals surface area contributed by atoms with Gasteiger partial charge in [0.05, 0.1) is 6.42 Å². The topological polar surface area (TPSA) is 63.3 Å². The summed E-state index contributed by atoms with van der Waals surface area (Å²) < 4.78 is 14.6. The highest BCUT2D eigenvalue weighted by Crippen LogP contribution is 2.74. The standard InChI is InChI=1S/C13H20FNO2/c1-12(14)7-2-3-8-11(12)9(4-7)13(8,6-15)5-10(16)17/h7-9,11H,2-6,15H2,1H3,(H,16,17). The highest BCUT2D eigenvalue weighted by molar-refractivity contribution is 5.68. The van der Waals surface area contributed by atoms with Crippen molar-refractivity contribution in [3.8, 4) is 0 Å². The zero-order valence-corrected chi connectivity index (χ0v) is 10.2. The maximum Gasteiger partial charge on any atom is 0.303 e. The lowest BCUT2D eigenvalue weighted by atomic mass is 9.43. The number of carbonyl (C=O) groups is 1. The van der Waals surface area contributed by atoms with E-state index in [4.69, 9.17) is 10.8 Å². The van der Waals surface area contributed by atoms with Crippen LogP contribution in [-0.2, 0) is 4.79 Å². The van der Waals surface area contributed by atoms with Crippen molar-refractivity contribution in [2.24, 2.45) is 34.8 Å². The van der Waals surface area contributed by atoms with Crippen molar-refractivity contribution in [3.05, 3.63) is 0 Å². The number of carboxylic acid groups (broad SMARTS) is 1. The van der Waals surface area contributed by atoms with Crippen LogP contribution in [0, 0.1) is 29.1 Å². The fourth-order valence-corrected chi connectivity index (χ4v) is 5.30. The first-order chi connectivity index (χ1) is 7.93. The quantitative estimate of drug-likeness (QED) is 0.792. The van der Waals surface area contributed by atoms with Gasteiger partial charge in [-0.15, -0.1) is 0 Å². The van der Waals surface area contributed by atoms with Crippen molar-refractivity contribution in [2.75, 3.05) is 6.54 Å². The van der Waals surface area contributed by atoms with Crippen molar-refractivity contribution in [1.82, 2.24) is 0 Å². The van der Waals surface area contributed by atoms with E-state index >= 15 is 0 Å². The molecule has 4 heteroatoms. The molecular formula is C13H20FNO2. The summed E-state index contributed by atoms with van der Waals surface area (Å²) in [6.45, 7) is 2.11. The Labute approximate surface area is 101 Å². The number of alkyl halides is 1. The molecule has 0 aromatic carbocycles. The Hall–Kier alpha value is -0.640. The monoisotopic (exact) mass is 241 g/mol. The number of rotatable bonds is 3. The second-order valence-electron chi connectivity index (χ2n) is 6.41. The number of hydrogen-bond acceptors (Lipinski definition) is 2. The summed E-state index contributed by atoms with van der Waals surface area (Å²) in [6, 6.07) is 0. The highest BCUT2D eigenvalue weighted by Gasteiger charge is 2.73. The Morgan fingerprint density at radius 1 is 1.47 bits per heavy atom. The second kappa shape index (κ2) is 3.22. The predicted octanol–water partition coefficient (Wildman–Crippen LogP) is 1.81. The van der Waals surface area contributed by atoms with Crippen LogP contribution in [0.5, 0.6) is 0 Å². The molecular weight excluding hydrogens is 221 g/mol. The summed E-state index contributed by atoms with van der Waals surface area (Å²) in [6.07, 6.45) is 2.85. The Bertz CT molecular complexity index is 362. The van der Waals surface area contributed by atoms with Crippen LogP contribution in [0.2, 0.25) is 0 Å². The first kappa shape index (κ1) is 11.5. The Kier molecular flexibility index (Phi) is 2.17. The molecule has 0 heterocycles. The van der Waals surface area contributed by atoms with Crippen LogP contribution in [0.3, 0.4) is 0 Å². The van der Waals surface area contributed by atoms with Crippen molar-refractivity contribution in [2.45, 2.75) is 38.3 Å². The molecule has 17 heavy (non-hydrogen) atoms. The lowest BCUT2D eigenvalue weighted by Crippen LogP contribution is -2.64. The number of carboxylic acids is 1. The number of hydrogen-bond donors (Lipinski definition) is 2. The molecule has 0 aromatic heterocycles. The van der Waals surface area contributed by atoms with Gasteiger partial charge in [0.15, 0.2) is 0 Å². The van der Waals surface area contributed by atoms with E-state index in [-0.39, 0.29) is 35.5 Å². The number of fused-ring (bicyclic) bond motifs is 1. The predicted molar refractivity (Wildman–Crippen MR) is 61.1 cm³/mol. The molecule has 0 amide bonds. The van der Waals surface area contributed by atoms with Crippen molar-refractivity contribution >= 4 is 5.97 Å². The van der Waals surface area contributed by atoms with Crippen LogP contribution >= 0.6 is 0 Å². The normalized spacial score (nSPS) is 55.5. The molecule has 0 aliphatic heterocycles. The largest absolute Gasteiger partial charge is 0.481 e. The van der Waals surface area contributed by atoms with Gasteiger partial charge >= 0.3 is 5.97 Å². The summed E-state index contributed by atoms with van der Waals surface area (Å²) in [7, 11) is 0. The van der Waals surface area contributed by atoms with E-state index in [2.05, 4.69) is 0 Å². The van der Waals surface area contributed by atoms with Crippen molar-refractivity contribution in [3.63, 3.8) is 0 Å². The smallest absolute Gasteiger partial charge is 0.303 e. The number of nitrogens with two attached hydrogens (primary N) is 1. The van der Waals surface area contributed by atoms with E-state index in [9.17, 15) is 9.18 Å². The average molecular weight is 241 g/mol. The summed E-state index contributed by atoms with van der Waals surface area (Å²) in [5.74, 6) is -0.177. The van der Waals surface area contributed by atoms with Crippen LogP contribution in [-0.4, -0.2) is 23.3 Å². The number of halogens is 1. The van der Waals surface area contributed by atoms with E-state index in [1.165, 1.54) is 0 Å². The molecule has 3 fully saturated rings. The SMILES string of the molecule is CC1(F)C2CCC3C1C(C2)C3(CN)CC(=O)O. The van der Waals surface area contributed by atoms with Gasteiger partial charge in [0.25, 0.3) is 0 Å². The average Bonchev–Trinajstić information content (AvgIpc) is 2.46. The molecule has 96 valence electrons. The molecule has 3 N–H and O–H groups in total. The molecule has 6 atom stereocenters. The van der Waals surface area contributed by atoms with Gasteiger partial charge in [0, 0.05) is 0 Å². The first-order valence-corrected chi connectivity index (χ1v) is 6.54. The van der Waals surface area contributed by atoms with Gasteiger partial charge in [-0.25, -0.2) is 4.39 Å². The lowest BCUT2D eigenvalue weighted by Gasteiger charge is -2.62. The van der Waals surface area contributed by atoms with Crippen LogP contribution < -0.4 is 5.73 Å². The minimum Gasteiger partial charge on any atom is -0.481 e. The second-order valence-corrected chi connectivity index (χ2v) is 6.41. The van der Waals surface area contributed by atoms with E-state index < -0.39 is 11.6 Å². The Morgan fingerprint density at radius 2 is 2.18 bits per heavy atom. The van der Waals surface area contributed by atoms with E-state index in [1.54, 1.807) is 6.92 Å². The van der Waals surface area contributed by atoms with Crippen molar-refractivity contribution < 1.29 is 14.3 Å². The van der Waals surface area contributed by atoms with Crippen LogP contribution in [0.4, 0.5) is 4.39 Å². The molecule has 3 nitrogen and oxygen atoms in total. The third-order valence-corrected chi connectivity index (χ3v) is 6.02. The molecule has 0 radical (unpaired) electrons. The van der Waals surface area contributed by atoms with Gasteiger partial charge in [-0.05, 0) is 61.8 Å². The summed E-state index contributed by atoms with van der Waals surface area (Å²) in [5.41, 5.74) is 4.47. The summed E-state index contributed by atoms with van der Waals surface area (Å²) >= 11 is 0. The van der Waals surface area contributed by atoms with Crippen LogP contribution in [0.15, 0.2) is 0 Å². The Morgan fingerprint density at radius 3 is 2.76 bits per heavy atom. The summed E-state index contributed by atoms with van der Waals surface area (Å²) in [4.78, 5) is 11.0. The molecule has 3 saturated carbocycles. The van der Waals surface area contributed by atoms with E-state index in [0.29, 0.717) is 6.54 Å². The molecule has 3 aliphatic carbocycles. The fraction of sp³-hybridized carbons (Fsp3) is 0.923. The third kappa shape index (κ3) is 1.17. The minimum absolute atomic E-state index is 0.0733. The van der Waals surface area contributed by atoms with Gasteiger partial charge in [0.2, 0.25) is 0 Å². The minimum atomic E-state index is -1.08. The number of aliphatic carboxylic acids is 1. The molecule has 0 aromatic rings. The molecule has 3 aliphatic rings.